The van der Waals surface area contributed by atoms with E-state index in [1.807, 2.05) is 0 Å². The summed E-state index contributed by atoms with van der Waals surface area (Å²) in [6, 6.07) is 12.4. The van der Waals surface area contributed by atoms with Crippen molar-refractivity contribution in [3.8, 4) is 23.3 Å². The summed E-state index contributed by atoms with van der Waals surface area (Å²) < 4.78 is 16.1. The average Bonchev–Trinajstić information content (AvgIpc) is 2.52. The molecule has 0 atom stereocenters. The van der Waals surface area contributed by atoms with Crippen LogP contribution < -0.4 is 14.2 Å². The minimum atomic E-state index is 0.280. The fourth-order valence-electron chi connectivity index (χ4n) is 1.86. The molecule has 5 heteroatoms. The highest BCUT2D eigenvalue weighted by molar-refractivity contribution is 6.30. The molecular weight excluding hydrogens is 290 g/mol. The molecule has 2 rings (SSSR count). The van der Waals surface area contributed by atoms with Crippen LogP contribution in [-0.4, -0.2) is 14.2 Å². The molecule has 0 bridgehead atoms. The molecule has 0 aliphatic rings. The number of hydrogen-bond donors (Lipinski definition) is 0. The summed E-state index contributed by atoms with van der Waals surface area (Å²) in [4.78, 5) is 0. The van der Waals surface area contributed by atoms with Crippen LogP contribution in [0.4, 0.5) is 0 Å². The zero-order valence-corrected chi connectivity index (χ0v) is 12.5. The van der Waals surface area contributed by atoms with E-state index in [4.69, 9.17) is 31.1 Å². The number of methoxy groups -OCH3 is 2. The number of ether oxygens (including phenoxy) is 3. The van der Waals surface area contributed by atoms with E-state index in [2.05, 4.69) is 6.07 Å². The fourth-order valence-corrected chi connectivity index (χ4v) is 2.05. The third-order valence-corrected chi connectivity index (χ3v) is 3.12. The minimum absolute atomic E-state index is 0.280. The summed E-state index contributed by atoms with van der Waals surface area (Å²) >= 11 is 5.98. The van der Waals surface area contributed by atoms with Crippen LogP contribution in [0.2, 0.25) is 5.02 Å². The molecule has 0 aliphatic heterocycles. The Morgan fingerprint density at radius 1 is 1.05 bits per heavy atom. The van der Waals surface area contributed by atoms with Gasteiger partial charge in [0.25, 0.3) is 0 Å². The lowest BCUT2D eigenvalue weighted by Crippen LogP contribution is -1.99. The predicted molar refractivity (Wildman–Crippen MR) is 80.0 cm³/mol. The molecule has 4 nitrogen and oxygen atoms in total. The lowest BCUT2D eigenvalue weighted by atomic mass is 10.2. The van der Waals surface area contributed by atoms with E-state index >= 15 is 0 Å². The zero-order chi connectivity index (χ0) is 15.2. The molecule has 0 heterocycles. The van der Waals surface area contributed by atoms with Crippen LogP contribution in [-0.2, 0) is 6.61 Å². The molecule has 2 aromatic carbocycles. The number of halogens is 1. The van der Waals surface area contributed by atoms with Gasteiger partial charge < -0.3 is 14.2 Å². The van der Waals surface area contributed by atoms with Crippen molar-refractivity contribution in [1.82, 2.24) is 0 Å². The normalized spacial score (nSPS) is 9.81. The Morgan fingerprint density at radius 2 is 1.81 bits per heavy atom. The second-order valence-electron chi connectivity index (χ2n) is 4.25. The second-order valence-corrected chi connectivity index (χ2v) is 4.69. The summed E-state index contributed by atoms with van der Waals surface area (Å²) in [5, 5.41) is 9.60. The molecule has 0 saturated carbocycles. The summed E-state index contributed by atoms with van der Waals surface area (Å²) in [6.45, 7) is 0.280. The van der Waals surface area contributed by atoms with Gasteiger partial charge in [-0.3, -0.25) is 0 Å². The van der Waals surface area contributed by atoms with Gasteiger partial charge in [-0.1, -0.05) is 11.6 Å². The standard InChI is InChI=1S/C16H14ClNO3/c1-19-14-5-11(9-18)6-15(8-14)21-10-12-7-13(17)3-4-16(12)20-2/h3-8H,10H2,1-2H3. The monoisotopic (exact) mass is 303 g/mol. The molecule has 0 unspecified atom stereocenters. The van der Waals surface area contributed by atoms with Crippen molar-refractivity contribution < 1.29 is 14.2 Å². The molecule has 2 aromatic rings. The highest BCUT2D eigenvalue weighted by Crippen LogP contribution is 2.26. The lowest BCUT2D eigenvalue weighted by Gasteiger charge is -2.11. The quantitative estimate of drug-likeness (QED) is 0.843. The van der Waals surface area contributed by atoms with Gasteiger partial charge in [0.1, 0.15) is 23.9 Å². The third-order valence-electron chi connectivity index (χ3n) is 2.88. The van der Waals surface area contributed by atoms with Gasteiger partial charge in [0.15, 0.2) is 0 Å². The van der Waals surface area contributed by atoms with Crippen LogP contribution in [0, 0.1) is 11.3 Å². The first-order chi connectivity index (χ1) is 10.2. The number of rotatable bonds is 5. The Balaban J connectivity index is 2.20. The van der Waals surface area contributed by atoms with Crippen LogP contribution in [0.1, 0.15) is 11.1 Å². The molecule has 0 aliphatic carbocycles. The molecule has 21 heavy (non-hydrogen) atoms. The van der Waals surface area contributed by atoms with Gasteiger partial charge in [0, 0.05) is 16.7 Å². The molecular formula is C16H14ClNO3. The van der Waals surface area contributed by atoms with Gasteiger partial charge in [-0.25, -0.2) is 0 Å². The van der Waals surface area contributed by atoms with Gasteiger partial charge in [-0.15, -0.1) is 0 Å². The summed E-state index contributed by atoms with van der Waals surface area (Å²) in [7, 11) is 3.13. The average molecular weight is 304 g/mol. The van der Waals surface area contributed by atoms with Gasteiger partial charge in [0.2, 0.25) is 0 Å². The molecule has 0 aromatic heterocycles. The first kappa shape index (κ1) is 15.0. The van der Waals surface area contributed by atoms with Crippen LogP contribution in [0.3, 0.4) is 0 Å². The topological polar surface area (TPSA) is 51.5 Å². The van der Waals surface area contributed by atoms with E-state index in [-0.39, 0.29) is 6.61 Å². The molecule has 0 fully saturated rings. The van der Waals surface area contributed by atoms with Gasteiger partial charge in [-0.05, 0) is 30.3 Å². The largest absolute Gasteiger partial charge is 0.497 e. The molecule has 0 radical (unpaired) electrons. The SMILES string of the molecule is COc1cc(C#N)cc(OCc2cc(Cl)ccc2OC)c1. The zero-order valence-electron chi connectivity index (χ0n) is 11.7. The Morgan fingerprint density at radius 3 is 2.48 bits per heavy atom. The van der Waals surface area contributed by atoms with Crippen molar-refractivity contribution in [2.75, 3.05) is 14.2 Å². The molecule has 0 saturated heterocycles. The van der Waals surface area contributed by atoms with Crippen molar-refractivity contribution in [1.29, 1.82) is 5.26 Å². The van der Waals surface area contributed by atoms with Gasteiger partial charge in [0.05, 0.1) is 25.9 Å². The Hall–Kier alpha value is -2.38. The van der Waals surface area contributed by atoms with Crippen molar-refractivity contribution in [2.24, 2.45) is 0 Å². The van der Waals surface area contributed by atoms with Crippen molar-refractivity contribution >= 4 is 11.6 Å². The van der Waals surface area contributed by atoms with Gasteiger partial charge >= 0.3 is 0 Å². The van der Waals surface area contributed by atoms with E-state index in [0.29, 0.717) is 27.8 Å². The van der Waals surface area contributed by atoms with E-state index in [1.54, 1.807) is 50.6 Å². The van der Waals surface area contributed by atoms with Crippen LogP contribution in [0.15, 0.2) is 36.4 Å². The van der Waals surface area contributed by atoms with Gasteiger partial charge in [-0.2, -0.15) is 5.26 Å². The predicted octanol–water partition coefficient (Wildman–Crippen LogP) is 3.81. The number of benzene rings is 2. The first-order valence-electron chi connectivity index (χ1n) is 6.20. The van der Waals surface area contributed by atoms with Crippen LogP contribution in [0.25, 0.3) is 0 Å². The third kappa shape index (κ3) is 3.80. The van der Waals surface area contributed by atoms with E-state index < -0.39 is 0 Å². The highest BCUT2D eigenvalue weighted by atomic mass is 35.5. The summed E-state index contributed by atoms with van der Waals surface area (Å²) in [5.41, 5.74) is 1.30. The maximum Gasteiger partial charge on any atom is 0.125 e. The maximum atomic E-state index is 8.99. The Bertz CT molecular complexity index is 680. The maximum absolute atomic E-state index is 8.99. The van der Waals surface area contributed by atoms with Crippen molar-refractivity contribution in [2.45, 2.75) is 6.61 Å². The summed E-state index contributed by atoms with van der Waals surface area (Å²) in [5.74, 6) is 1.82. The van der Waals surface area contributed by atoms with Crippen LogP contribution in [0.5, 0.6) is 17.2 Å². The first-order valence-corrected chi connectivity index (χ1v) is 6.58. The van der Waals surface area contributed by atoms with Crippen molar-refractivity contribution in [3.05, 3.63) is 52.5 Å². The van der Waals surface area contributed by atoms with Crippen molar-refractivity contribution in [3.63, 3.8) is 0 Å². The second kappa shape index (κ2) is 6.87. The Kier molecular flexibility index (Phi) is 4.91. The lowest BCUT2D eigenvalue weighted by molar-refractivity contribution is 0.294. The van der Waals surface area contributed by atoms with Crippen LogP contribution >= 0.6 is 11.6 Å². The number of hydrogen-bond acceptors (Lipinski definition) is 4. The highest BCUT2D eigenvalue weighted by Gasteiger charge is 2.07. The molecule has 108 valence electrons. The molecule has 0 N–H and O–H groups in total. The minimum Gasteiger partial charge on any atom is -0.497 e. The number of nitriles is 1. The Labute approximate surface area is 128 Å². The number of nitrogens with zero attached hydrogens (tertiary/aromatic N) is 1. The smallest absolute Gasteiger partial charge is 0.125 e. The van der Waals surface area contributed by atoms with E-state index in [0.717, 1.165) is 5.56 Å². The fraction of sp³-hybridized carbons (Fsp3) is 0.188. The van der Waals surface area contributed by atoms with E-state index in [1.165, 1.54) is 0 Å². The molecule has 0 spiro atoms. The summed E-state index contributed by atoms with van der Waals surface area (Å²) in [6.07, 6.45) is 0. The molecule has 0 amide bonds. The van der Waals surface area contributed by atoms with E-state index in [9.17, 15) is 0 Å².